The van der Waals surface area contributed by atoms with Gasteiger partial charge in [-0.05, 0) is 33.6 Å². The van der Waals surface area contributed by atoms with Gasteiger partial charge in [0.05, 0.1) is 12.6 Å². The predicted molar refractivity (Wildman–Crippen MR) is 69.0 cm³/mol. The first-order valence-corrected chi connectivity index (χ1v) is 6.37. The van der Waals surface area contributed by atoms with Crippen molar-refractivity contribution in [2.45, 2.75) is 39.2 Å². The van der Waals surface area contributed by atoms with Crippen molar-refractivity contribution in [3.8, 4) is 6.07 Å². The minimum atomic E-state index is -1.06. The van der Waals surface area contributed by atoms with Crippen molar-refractivity contribution >= 4 is 11.8 Å². The lowest BCUT2D eigenvalue weighted by molar-refractivity contribution is -0.134. The van der Waals surface area contributed by atoms with Crippen molar-refractivity contribution in [3.63, 3.8) is 0 Å². The van der Waals surface area contributed by atoms with Crippen LogP contribution >= 0.6 is 0 Å². The lowest BCUT2D eigenvalue weighted by atomic mass is 9.81. The number of hydrogen-bond acceptors (Lipinski definition) is 4. The van der Waals surface area contributed by atoms with E-state index in [2.05, 4.69) is 16.7 Å². The number of ether oxygens (including phenoxy) is 1. The SMILES string of the molecule is CC(C)(C)NC(=O)CNC(=O)C1(C#N)CCOCC1. The number of carbonyl (C=O) groups is 2. The summed E-state index contributed by atoms with van der Waals surface area (Å²) >= 11 is 0. The Bertz CT molecular complexity index is 387. The maximum Gasteiger partial charge on any atom is 0.241 e. The van der Waals surface area contributed by atoms with Gasteiger partial charge in [0.25, 0.3) is 0 Å². The maximum atomic E-state index is 12.1. The Morgan fingerprint density at radius 2 is 1.89 bits per heavy atom. The average molecular weight is 267 g/mol. The van der Waals surface area contributed by atoms with E-state index in [-0.39, 0.29) is 23.9 Å². The van der Waals surface area contributed by atoms with E-state index >= 15 is 0 Å². The minimum Gasteiger partial charge on any atom is -0.381 e. The first-order valence-electron chi connectivity index (χ1n) is 6.37. The van der Waals surface area contributed by atoms with Gasteiger partial charge in [0.2, 0.25) is 11.8 Å². The zero-order valence-electron chi connectivity index (χ0n) is 11.7. The summed E-state index contributed by atoms with van der Waals surface area (Å²) in [6, 6.07) is 2.07. The molecule has 6 heteroatoms. The molecule has 6 nitrogen and oxygen atoms in total. The topological polar surface area (TPSA) is 91.2 Å². The molecular formula is C13H21N3O3. The molecule has 1 rings (SSSR count). The molecular weight excluding hydrogens is 246 g/mol. The summed E-state index contributed by atoms with van der Waals surface area (Å²) in [7, 11) is 0. The van der Waals surface area contributed by atoms with Crippen LogP contribution in [-0.2, 0) is 14.3 Å². The molecule has 0 aromatic rings. The van der Waals surface area contributed by atoms with E-state index in [1.807, 2.05) is 20.8 Å². The number of nitrogens with one attached hydrogen (secondary N) is 2. The molecule has 0 bridgehead atoms. The van der Waals surface area contributed by atoms with Crippen LogP contribution in [0.1, 0.15) is 33.6 Å². The van der Waals surface area contributed by atoms with E-state index < -0.39 is 5.41 Å². The zero-order chi connectivity index (χ0) is 14.5. The van der Waals surface area contributed by atoms with Crippen LogP contribution in [0.3, 0.4) is 0 Å². The van der Waals surface area contributed by atoms with Gasteiger partial charge in [0.1, 0.15) is 5.41 Å². The zero-order valence-corrected chi connectivity index (χ0v) is 11.7. The Kier molecular flexibility index (Phi) is 4.90. The molecule has 1 aliphatic rings. The fourth-order valence-electron chi connectivity index (χ4n) is 1.90. The number of amides is 2. The fraction of sp³-hybridized carbons (Fsp3) is 0.769. The number of rotatable bonds is 3. The van der Waals surface area contributed by atoms with Gasteiger partial charge < -0.3 is 15.4 Å². The highest BCUT2D eigenvalue weighted by molar-refractivity contribution is 5.89. The molecule has 0 atom stereocenters. The van der Waals surface area contributed by atoms with Crippen LogP contribution < -0.4 is 10.6 Å². The van der Waals surface area contributed by atoms with E-state index in [0.29, 0.717) is 26.1 Å². The molecule has 0 unspecified atom stereocenters. The van der Waals surface area contributed by atoms with E-state index in [1.54, 1.807) is 0 Å². The van der Waals surface area contributed by atoms with Gasteiger partial charge in [-0.1, -0.05) is 0 Å². The van der Waals surface area contributed by atoms with Gasteiger partial charge in [-0.3, -0.25) is 9.59 Å². The van der Waals surface area contributed by atoms with Crippen molar-refractivity contribution in [2.24, 2.45) is 5.41 Å². The summed E-state index contributed by atoms with van der Waals surface area (Å²) in [5.74, 6) is -0.650. The van der Waals surface area contributed by atoms with Crippen LogP contribution in [0, 0.1) is 16.7 Å². The molecule has 19 heavy (non-hydrogen) atoms. The van der Waals surface area contributed by atoms with Gasteiger partial charge in [-0.25, -0.2) is 0 Å². The highest BCUT2D eigenvalue weighted by Gasteiger charge is 2.40. The summed E-state index contributed by atoms with van der Waals surface area (Å²) in [4.78, 5) is 23.7. The Hall–Kier alpha value is -1.61. The molecule has 0 saturated carbocycles. The molecule has 1 heterocycles. The van der Waals surface area contributed by atoms with Gasteiger partial charge in [-0.15, -0.1) is 0 Å². The third-order valence-corrected chi connectivity index (χ3v) is 2.92. The second-order valence-corrected chi connectivity index (χ2v) is 5.79. The second-order valence-electron chi connectivity index (χ2n) is 5.79. The molecule has 1 saturated heterocycles. The second kappa shape index (κ2) is 6.02. The largest absolute Gasteiger partial charge is 0.381 e. The van der Waals surface area contributed by atoms with E-state index in [1.165, 1.54) is 0 Å². The molecule has 0 aliphatic carbocycles. The maximum absolute atomic E-state index is 12.1. The van der Waals surface area contributed by atoms with Crippen molar-refractivity contribution in [1.82, 2.24) is 10.6 Å². The third kappa shape index (κ3) is 4.52. The predicted octanol–water partition coefficient (Wildman–Crippen LogP) is 0.338. The number of nitrogens with zero attached hydrogens (tertiary/aromatic N) is 1. The van der Waals surface area contributed by atoms with Gasteiger partial charge in [0, 0.05) is 18.8 Å². The van der Waals surface area contributed by atoms with Crippen molar-refractivity contribution in [1.29, 1.82) is 5.26 Å². The molecule has 2 amide bonds. The minimum absolute atomic E-state index is 0.111. The van der Waals surface area contributed by atoms with Crippen LogP contribution in [0.2, 0.25) is 0 Å². The van der Waals surface area contributed by atoms with Crippen molar-refractivity contribution < 1.29 is 14.3 Å². The smallest absolute Gasteiger partial charge is 0.241 e. The highest BCUT2D eigenvalue weighted by atomic mass is 16.5. The molecule has 106 valence electrons. The summed E-state index contributed by atoms with van der Waals surface area (Å²) in [6.45, 7) is 6.27. The number of carbonyl (C=O) groups excluding carboxylic acids is 2. The normalized spacial score (nSPS) is 18.2. The van der Waals surface area contributed by atoms with Crippen LogP contribution in [0.25, 0.3) is 0 Å². The van der Waals surface area contributed by atoms with E-state index in [0.717, 1.165) is 0 Å². The van der Waals surface area contributed by atoms with Crippen LogP contribution in [0.15, 0.2) is 0 Å². The highest BCUT2D eigenvalue weighted by Crippen LogP contribution is 2.29. The van der Waals surface area contributed by atoms with Crippen LogP contribution in [0.5, 0.6) is 0 Å². The molecule has 0 aromatic heterocycles. The molecule has 1 aliphatic heterocycles. The average Bonchev–Trinajstić information content (AvgIpc) is 2.34. The lowest BCUT2D eigenvalue weighted by Gasteiger charge is -2.29. The number of nitriles is 1. The fourth-order valence-corrected chi connectivity index (χ4v) is 1.90. The lowest BCUT2D eigenvalue weighted by Crippen LogP contribution is -2.49. The summed E-state index contributed by atoms with van der Waals surface area (Å²) in [5, 5.41) is 14.5. The van der Waals surface area contributed by atoms with Gasteiger partial charge in [0.15, 0.2) is 0 Å². The monoisotopic (exact) mass is 267 g/mol. The summed E-state index contributed by atoms with van der Waals surface area (Å²) in [6.07, 6.45) is 0.743. The number of hydrogen-bond donors (Lipinski definition) is 2. The van der Waals surface area contributed by atoms with Crippen molar-refractivity contribution in [3.05, 3.63) is 0 Å². The van der Waals surface area contributed by atoms with E-state index in [4.69, 9.17) is 4.74 Å². The van der Waals surface area contributed by atoms with Crippen molar-refractivity contribution in [2.75, 3.05) is 19.8 Å². The van der Waals surface area contributed by atoms with Gasteiger partial charge in [-0.2, -0.15) is 5.26 Å². The molecule has 0 radical (unpaired) electrons. The molecule has 1 fully saturated rings. The molecule has 0 spiro atoms. The Labute approximate surface area is 113 Å². The van der Waals surface area contributed by atoms with E-state index in [9.17, 15) is 14.9 Å². The quantitative estimate of drug-likeness (QED) is 0.771. The first kappa shape index (κ1) is 15.4. The summed E-state index contributed by atoms with van der Waals surface area (Å²) < 4.78 is 5.16. The Morgan fingerprint density at radius 3 is 2.37 bits per heavy atom. The third-order valence-electron chi connectivity index (χ3n) is 2.92. The van der Waals surface area contributed by atoms with Gasteiger partial charge >= 0.3 is 0 Å². The standard InChI is InChI=1S/C13H21N3O3/c1-12(2,3)16-10(17)8-15-11(18)13(9-14)4-6-19-7-5-13/h4-8H2,1-3H3,(H,15,18)(H,16,17). The summed E-state index contributed by atoms with van der Waals surface area (Å²) in [5.41, 5.74) is -1.40. The van der Waals surface area contributed by atoms with Crippen LogP contribution in [0.4, 0.5) is 0 Å². The molecule has 0 aromatic carbocycles. The molecule has 2 N–H and O–H groups in total. The van der Waals surface area contributed by atoms with Crippen LogP contribution in [-0.4, -0.2) is 37.1 Å². The Morgan fingerprint density at radius 1 is 1.32 bits per heavy atom. The Balaban J connectivity index is 2.50. The first-order chi connectivity index (χ1) is 8.79.